The third-order valence-corrected chi connectivity index (χ3v) is 5.01. The number of rotatable bonds is 9. The van der Waals surface area contributed by atoms with Gasteiger partial charge in [-0.25, -0.2) is 13.1 Å². The molecule has 0 aliphatic rings. The van der Waals surface area contributed by atoms with Gasteiger partial charge in [-0.15, -0.1) is 0 Å². The van der Waals surface area contributed by atoms with Crippen molar-refractivity contribution in [3.05, 3.63) is 18.0 Å². The van der Waals surface area contributed by atoms with Gasteiger partial charge in [0.25, 0.3) is 0 Å². The number of hydrogen-bond acceptors (Lipinski definition) is 4. The average Bonchev–Trinajstić information content (AvgIpc) is 2.82. The van der Waals surface area contributed by atoms with Gasteiger partial charge >= 0.3 is 0 Å². The molecule has 0 bridgehead atoms. The Bertz CT molecular complexity index is 537. The van der Waals surface area contributed by atoms with Crippen LogP contribution in [0.2, 0.25) is 0 Å². The van der Waals surface area contributed by atoms with Gasteiger partial charge in [0.15, 0.2) is 0 Å². The highest BCUT2D eigenvalue weighted by Crippen LogP contribution is 2.14. The standard InChI is InChI=1S/C14H28N4O2S/c1-5-7-18-11-14(9-13(18)10-15)21(19,20)16-6-8-17(4)12(2)3/h9,11-12,16H,5-8,10,15H2,1-4H3. The van der Waals surface area contributed by atoms with E-state index in [2.05, 4.69) is 30.4 Å². The summed E-state index contributed by atoms with van der Waals surface area (Å²) in [4.78, 5) is 2.39. The van der Waals surface area contributed by atoms with E-state index in [-0.39, 0.29) is 0 Å². The normalized spacial score (nSPS) is 12.5. The number of nitrogens with zero attached hydrogens (tertiary/aromatic N) is 2. The Kier molecular flexibility index (Phi) is 6.86. The van der Waals surface area contributed by atoms with E-state index < -0.39 is 10.0 Å². The van der Waals surface area contributed by atoms with Crippen molar-refractivity contribution in [2.75, 3.05) is 20.1 Å². The van der Waals surface area contributed by atoms with Crippen molar-refractivity contribution in [2.45, 2.75) is 51.2 Å². The van der Waals surface area contributed by atoms with Crippen LogP contribution in [0.1, 0.15) is 32.9 Å². The number of sulfonamides is 1. The fourth-order valence-corrected chi connectivity index (χ4v) is 3.07. The van der Waals surface area contributed by atoms with Crippen LogP contribution in [-0.2, 0) is 23.1 Å². The SMILES string of the molecule is CCCn1cc(S(=O)(=O)NCCN(C)C(C)C)cc1CN. The highest BCUT2D eigenvalue weighted by atomic mass is 32.2. The number of hydrogen-bond donors (Lipinski definition) is 2. The number of aromatic nitrogens is 1. The summed E-state index contributed by atoms with van der Waals surface area (Å²) in [5.41, 5.74) is 6.51. The van der Waals surface area contributed by atoms with Gasteiger partial charge in [0, 0.05) is 44.1 Å². The molecule has 0 saturated heterocycles. The Morgan fingerprint density at radius 3 is 2.62 bits per heavy atom. The van der Waals surface area contributed by atoms with Gasteiger partial charge in [-0.2, -0.15) is 0 Å². The molecule has 0 saturated carbocycles. The van der Waals surface area contributed by atoms with E-state index in [1.165, 1.54) is 0 Å². The molecule has 6 nitrogen and oxygen atoms in total. The van der Waals surface area contributed by atoms with E-state index in [0.717, 1.165) is 18.7 Å². The van der Waals surface area contributed by atoms with Crippen molar-refractivity contribution in [2.24, 2.45) is 5.73 Å². The Hall–Kier alpha value is -0.890. The van der Waals surface area contributed by atoms with Crippen LogP contribution in [0.25, 0.3) is 0 Å². The predicted molar refractivity (Wildman–Crippen MR) is 85.6 cm³/mol. The second-order valence-electron chi connectivity index (χ2n) is 5.54. The van der Waals surface area contributed by atoms with Crippen molar-refractivity contribution in [3.8, 4) is 0 Å². The minimum atomic E-state index is -3.46. The van der Waals surface area contributed by atoms with E-state index >= 15 is 0 Å². The highest BCUT2D eigenvalue weighted by Gasteiger charge is 2.17. The first-order valence-corrected chi connectivity index (χ1v) is 8.89. The molecule has 0 amide bonds. The molecular weight excluding hydrogens is 288 g/mol. The number of aryl methyl sites for hydroxylation is 1. The first kappa shape index (κ1) is 18.2. The first-order chi connectivity index (χ1) is 9.81. The van der Waals surface area contributed by atoms with Crippen molar-refractivity contribution in [1.82, 2.24) is 14.2 Å². The Morgan fingerprint density at radius 1 is 1.43 bits per heavy atom. The van der Waals surface area contributed by atoms with Crippen LogP contribution in [-0.4, -0.2) is 44.1 Å². The minimum absolute atomic E-state index is 0.295. The lowest BCUT2D eigenvalue weighted by atomic mass is 10.3. The molecule has 1 aromatic rings. The highest BCUT2D eigenvalue weighted by molar-refractivity contribution is 7.89. The molecule has 1 aromatic heterocycles. The molecule has 3 N–H and O–H groups in total. The maximum Gasteiger partial charge on any atom is 0.242 e. The summed E-state index contributed by atoms with van der Waals surface area (Å²) in [6, 6.07) is 2.05. The zero-order valence-corrected chi connectivity index (χ0v) is 14.3. The van der Waals surface area contributed by atoms with Crippen LogP contribution in [0.15, 0.2) is 17.2 Å². The summed E-state index contributed by atoms with van der Waals surface area (Å²) < 4.78 is 29.1. The molecule has 0 spiro atoms. The van der Waals surface area contributed by atoms with Crippen molar-refractivity contribution in [1.29, 1.82) is 0 Å². The van der Waals surface area contributed by atoms with Gasteiger partial charge < -0.3 is 15.2 Å². The molecule has 0 radical (unpaired) electrons. The smallest absolute Gasteiger partial charge is 0.242 e. The van der Waals surface area contributed by atoms with Crippen LogP contribution >= 0.6 is 0 Å². The molecule has 1 rings (SSSR count). The summed E-state index contributed by atoms with van der Waals surface area (Å²) in [7, 11) is -1.49. The first-order valence-electron chi connectivity index (χ1n) is 7.40. The fourth-order valence-electron chi connectivity index (χ4n) is 1.99. The zero-order chi connectivity index (χ0) is 16.0. The van der Waals surface area contributed by atoms with Gasteiger partial charge in [-0.3, -0.25) is 0 Å². The second-order valence-corrected chi connectivity index (χ2v) is 7.30. The zero-order valence-electron chi connectivity index (χ0n) is 13.5. The van der Waals surface area contributed by atoms with Crippen LogP contribution in [0.4, 0.5) is 0 Å². The largest absolute Gasteiger partial charge is 0.349 e. The maximum absolute atomic E-state index is 12.3. The summed E-state index contributed by atoms with van der Waals surface area (Å²) in [6.07, 6.45) is 2.61. The van der Waals surface area contributed by atoms with Crippen molar-refractivity contribution < 1.29 is 8.42 Å². The molecule has 0 aliphatic carbocycles. The minimum Gasteiger partial charge on any atom is -0.349 e. The van der Waals surface area contributed by atoms with Gasteiger partial charge in [-0.1, -0.05) is 6.92 Å². The molecular formula is C14H28N4O2S. The van der Waals surface area contributed by atoms with E-state index in [1.54, 1.807) is 12.3 Å². The van der Waals surface area contributed by atoms with E-state index in [4.69, 9.17) is 5.73 Å². The van der Waals surface area contributed by atoms with Gasteiger partial charge in [0.05, 0.1) is 4.90 Å². The molecule has 21 heavy (non-hydrogen) atoms. The fraction of sp³-hybridized carbons (Fsp3) is 0.714. The lowest BCUT2D eigenvalue weighted by molar-refractivity contribution is 0.278. The molecule has 1 heterocycles. The quantitative estimate of drug-likeness (QED) is 0.711. The van der Waals surface area contributed by atoms with Gasteiger partial charge in [-0.05, 0) is 33.4 Å². The Labute approximate surface area is 128 Å². The lowest BCUT2D eigenvalue weighted by Gasteiger charge is -2.20. The van der Waals surface area contributed by atoms with Crippen LogP contribution in [0.3, 0.4) is 0 Å². The van der Waals surface area contributed by atoms with Gasteiger partial charge in [0.1, 0.15) is 0 Å². The van der Waals surface area contributed by atoms with E-state index in [1.807, 2.05) is 11.6 Å². The second kappa shape index (κ2) is 7.93. The third kappa shape index (κ3) is 5.10. The van der Waals surface area contributed by atoms with Gasteiger partial charge in [0.2, 0.25) is 10.0 Å². The molecule has 0 unspecified atom stereocenters. The molecule has 7 heteroatoms. The van der Waals surface area contributed by atoms with E-state index in [0.29, 0.717) is 30.6 Å². The topological polar surface area (TPSA) is 80.4 Å². The Morgan fingerprint density at radius 2 is 2.10 bits per heavy atom. The lowest BCUT2D eigenvalue weighted by Crippen LogP contribution is -2.36. The number of nitrogens with two attached hydrogens (primary N) is 1. The summed E-state index contributed by atoms with van der Waals surface area (Å²) in [5, 5.41) is 0. The van der Waals surface area contributed by atoms with Crippen molar-refractivity contribution in [3.63, 3.8) is 0 Å². The average molecular weight is 316 g/mol. The summed E-state index contributed by atoms with van der Waals surface area (Å²) in [6.45, 7) is 8.39. The summed E-state index contributed by atoms with van der Waals surface area (Å²) in [5.74, 6) is 0. The molecule has 0 fully saturated rings. The number of nitrogens with one attached hydrogen (secondary N) is 1. The molecule has 0 aliphatic heterocycles. The van der Waals surface area contributed by atoms with Crippen LogP contribution in [0, 0.1) is 0 Å². The Balaban J connectivity index is 2.74. The molecule has 0 atom stereocenters. The third-order valence-electron chi connectivity index (χ3n) is 3.58. The van der Waals surface area contributed by atoms with E-state index in [9.17, 15) is 8.42 Å². The van der Waals surface area contributed by atoms with Crippen molar-refractivity contribution >= 4 is 10.0 Å². The predicted octanol–water partition coefficient (Wildman–Crippen LogP) is 0.975. The monoisotopic (exact) mass is 316 g/mol. The number of likely N-dealkylation sites (N-methyl/N-ethyl adjacent to an activating group) is 1. The molecule has 122 valence electrons. The van der Waals surface area contributed by atoms with Crippen LogP contribution < -0.4 is 10.5 Å². The summed E-state index contributed by atoms with van der Waals surface area (Å²) >= 11 is 0. The van der Waals surface area contributed by atoms with Crippen LogP contribution in [0.5, 0.6) is 0 Å². The maximum atomic E-state index is 12.3. The molecule has 0 aromatic carbocycles.